The summed E-state index contributed by atoms with van der Waals surface area (Å²) in [5, 5.41) is 21.5. The van der Waals surface area contributed by atoms with Gasteiger partial charge >= 0.3 is 12.1 Å². The summed E-state index contributed by atoms with van der Waals surface area (Å²) in [5.74, 6) is -3.60. The second-order valence-corrected chi connectivity index (χ2v) is 11.1. The molecule has 12 nitrogen and oxygen atoms in total. The number of hydrogen-bond acceptors (Lipinski definition) is 8. The number of nitrogens with one attached hydrogen (secondary N) is 4. The van der Waals surface area contributed by atoms with Crippen LogP contribution in [0.25, 0.3) is 10.8 Å². The van der Waals surface area contributed by atoms with Gasteiger partial charge in [-0.15, -0.1) is 13.2 Å². The maximum atomic E-state index is 13.5. The SMILES string of the molecule is C=CC[C@H](CC(=O)N[C@@H](C)CO)C(=O)N[C@@H](COC(=O)[C@@H](CC=C)NC(=O)OCc1ccccc1)C(=O)Nc1ccc2ccccc2c1. The summed E-state index contributed by atoms with van der Waals surface area (Å²) < 4.78 is 10.7. The zero-order valence-electron chi connectivity index (χ0n) is 26.9. The highest BCUT2D eigenvalue weighted by molar-refractivity contribution is 6.00. The van der Waals surface area contributed by atoms with Crippen molar-refractivity contribution in [3.8, 4) is 0 Å². The highest BCUT2D eigenvalue weighted by Gasteiger charge is 2.30. The number of hydrogen-bond donors (Lipinski definition) is 5. The summed E-state index contributed by atoms with van der Waals surface area (Å²) in [6, 6.07) is 18.7. The van der Waals surface area contributed by atoms with Crippen molar-refractivity contribution in [1.29, 1.82) is 0 Å². The molecular formula is C36H42N4O8. The number of allylic oxidation sites excluding steroid dienone is 1. The van der Waals surface area contributed by atoms with Crippen LogP contribution in [0.2, 0.25) is 0 Å². The number of aliphatic hydroxyl groups excluding tert-OH is 1. The molecule has 0 spiro atoms. The van der Waals surface area contributed by atoms with E-state index in [1.54, 1.807) is 43.3 Å². The highest BCUT2D eigenvalue weighted by Crippen LogP contribution is 2.19. The Morgan fingerprint density at radius 3 is 2.17 bits per heavy atom. The van der Waals surface area contributed by atoms with Crippen molar-refractivity contribution in [1.82, 2.24) is 16.0 Å². The van der Waals surface area contributed by atoms with E-state index in [0.29, 0.717) is 5.69 Å². The van der Waals surface area contributed by atoms with Gasteiger partial charge < -0.3 is 35.8 Å². The number of esters is 1. The number of amides is 4. The molecule has 0 aliphatic rings. The number of fused-ring (bicyclic) bond motifs is 1. The summed E-state index contributed by atoms with van der Waals surface area (Å²) >= 11 is 0. The van der Waals surface area contributed by atoms with Crippen LogP contribution in [0.15, 0.2) is 98.1 Å². The minimum absolute atomic E-state index is 0.00235. The van der Waals surface area contributed by atoms with Gasteiger partial charge in [0.15, 0.2) is 0 Å². The Balaban J connectivity index is 1.73. The maximum absolute atomic E-state index is 13.5. The van der Waals surface area contributed by atoms with Crippen molar-refractivity contribution in [3.63, 3.8) is 0 Å². The highest BCUT2D eigenvalue weighted by atomic mass is 16.6. The number of benzene rings is 3. The van der Waals surface area contributed by atoms with Crippen LogP contribution in [0.5, 0.6) is 0 Å². The normalized spacial score (nSPS) is 13.1. The Hall–Kier alpha value is -5.49. The number of anilines is 1. The quantitative estimate of drug-likeness (QED) is 0.102. The van der Waals surface area contributed by atoms with Crippen LogP contribution in [0, 0.1) is 5.92 Å². The van der Waals surface area contributed by atoms with Gasteiger partial charge in [-0.1, -0.05) is 72.8 Å². The first-order chi connectivity index (χ1) is 23.1. The standard InChI is InChI=1S/C36H42N4O8/c1-4-11-28(20-32(42)37-24(3)21-41)33(43)39-31(34(44)38-29-18-17-26-15-9-10-16-27(26)19-29)23-47-35(45)30(12-5-2)40-36(46)48-22-25-13-7-6-8-14-25/h4-10,13-19,24,28,30-31,41H,1-2,11-12,20-23H2,3H3,(H,37,42)(H,38,44)(H,39,43)(H,40,46)/t24-,28+,30+,31-/m0/s1. The fraction of sp³-hybridized carbons (Fsp3) is 0.306. The van der Waals surface area contributed by atoms with Crippen LogP contribution in [-0.4, -0.2) is 66.2 Å². The third-order valence-electron chi connectivity index (χ3n) is 7.17. The topological polar surface area (TPSA) is 172 Å². The van der Waals surface area contributed by atoms with E-state index in [1.807, 2.05) is 36.4 Å². The molecule has 3 aromatic rings. The summed E-state index contributed by atoms with van der Waals surface area (Å²) in [5.41, 5.74) is 1.19. The molecule has 5 N–H and O–H groups in total. The van der Waals surface area contributed by atoms with Crippen molar-refractivity contribution in [2.75, 3.05) is 18.5 Å². The molecule has 0 aliphatic carbocycles. The van der Waals surface area contributed by atoms with E-state index < -0.39 is 60.4 Å². The molecule has 0 aromatic heterocycles. The Kier molecular flexibility index (Phi) is 14.8. The molecule has 254 valence electrons. The Morgan fingerprint density at radius 1 is 0.792 bits per heavy atom. The molecule has 4 atom stereocenters. The number of aliphatic hydroxyl groups is 1. The van der Waals surface area contributed by atoms with E-state index in [1.165, 1.54) is 12.2 Å². The molecule has 0 saturated carbocycles. The second kappa shape index (κ2) is 19.2. The van der Waals surface area contributed by atoms with Gasteiger partial charge in [0.05, 0.1) is 12.5 Å². The van der Waals surface area contributed by atoms with Gasteiger partial charge in [0.25, 0.3) is 5.91 Å². The first kappa shape index (κ1) is 37.0. The van der Waals surface area contributed by atoms with Crippen molar-refractivity contribution >= 4 is 46.2 Å². The lowest BCUT2D eigenvalue weighted by Gasteiger charge is -2.23. The van der Waals surface area contributed by atoms with Crippen LogP contribution in [-0.2, 0) is 35.3 Å². The lowest BCUT2D eigenvalue weighted by atomic mass is 9.99. The zero-order chi connectivity index (χ0) is 34.9. The number of alkyl carbamates (subject to hydrolysis) is 1. The molecule has 0 radical (unpaired) electrons. The molecule has 3 rings (SSSR count). The molecule has 0 unspecified atom stereocenters. The van der Waals surface area contributed by atoms with E-state index in [2.05, 4.69) is 34.4 Å². The minimum atomic E-state index is -1.38. The number of ether oxygens (including phenoxy) is 2. The van der Waals surface area contributed by atoms with Gasteiger partial charge in [-0.2, -0.15) is 0 Å². The van der Waals surface area contributed by atoms with Gasteiger partial charge in [-0.25, -0.2) is 9.59 Å². The summed E-state index contributed by atoms with van der Waals surface area (Å²) in [4.78, 5) is 65.0. The van der Waals surface area contributed by atoms with Crippen LogP contribution in [0.4, 0.5) is 10.5 Å². The summed E-state index contributed by atoms with van der Waals surface area (Å²) in [7, 11) is 0. The molecule has 0 saturated heterocycles. The lowest BCUT2D eigenvalue weighted by Crippen LogP contribution is -2.50. The van der Waals surface area contributed by atoms with Crippen LogP contribution >= 0.6 is 0 Å². The third kappa shape index (κ3) is 12.0. The van der Waals surface area contributed by atoms with Crippen molar-refractivity contribution < 1.29 is 38.6 Å². The molecule has 3 aromatic carbocycles. The van der Waals surface area contributed by atoms with E-state index in [0.717, 1.165) is 16.3 Å². The Bertz CT molecular complexity index is 1580. The molecule has 0 aliphatic heterocycles. The van der Waals surface area contributed by atoms with E-state index in [9.17, 15) is 29.1 Å². The Morgan fingerprint density at radius 2 is 1.48 bits per heavy atom. The average Bonchev–Trinajstić information content (AvgIpc) is 3.08. The maximum Gasteiger partial charge on any atom is 0.408 e. The smallest absolute Gasteiger partial charge is 0.408 e. The van der Waals surface area contributed by atoms with Gasteiger partial charge in [0.2, 0.25) is 11.8 Å². The third-order valence-corrected chi connectivity index (χ3v) is 7.17. The van der Waals surface area contributed by atoms with Gasteiger partial charge in [0, 0.05) is 18.2 Å². The van der Waals surface area contributed by atoms with E-state index in [-0.39, 0.29) is 32.5 Å². The van der Waals surface area contributed by atoms with Crippen molar-refractivity contribution in [2.24, 2.45) is 5.92 Å². The number of rotatable bonds is 18. The molecule has 0 bridgehead atoms. The van der Waals surface area contributed by atoms with E-state index in [4.69, 9.17) is 9.47 Å². The van der Waals surface area contributed by atoms with Crippen molar-refractivity contribution in [3.05, 3.63) is 104 Å². The molecule has 48 heavy (non-hydrogen) atoms. The summed E-state index contributed by atoms with van der Waals surface area (Å²) in [6.07, 6.45) is 1.90. The average molecular weight is 659 g/mol. The van der Waals surface area contributed by atoms with Gasteiger partial charge in [-0.3, -0.25) is 14.4 Å². The first-order valence-electron chi connectivity index (χ1n) is 15.5. The fourth-order valence-corrected chi connectivity index (χ4v) is 4.61. The molecular weight excluding hydrogens is 616 g/mol. The van der Waals surface area contributed by atoms with Crippen LogP contribution in [0.1, 0.15) is 31.7 Å². The van der Waals surface area contributed by atoms with E-state index >= 15 is 0 Å². The largest absolute Gasteiger partial charge is 0.461 e. The lowest BCUT2D eigenvalue weighted by molar-refractivity contribution is -0.148. The van der Waals surface area contributed by atoms with Crippen LogP contribution in [0.3, 0.4) is 0 Å². The molecule has 12 heteroatoms. The zero-order valence-corrected chi connectivity index (χ0v) is 26.9. The van der Waals surface area contributed by atoms with Gasteiger partial charge in [0.1, 0.15) is 25.3 Å². The van der Waals surface area contributed by atoms with Crippen LogP contribution < -0.4 is 21.3 Å². The Labute approximate surface area is 279 Å². The van der Waals surface area contributed by atoms with Crippen molar-refractivity contribution in [2.45, 2.75) is 50.9 Å². The first-order valence-corrected chi connectivity index (χ1v) is 15.5. The summed E-state index contributed by atoms with van der Waals surface area (Å²) in [6.45, 7) is 8.00. The molecule has 0 heterocycles. The molecule has 4 amide bonds. The second-order valence-electron chi connectivity index (χ2n) is 11.1. The fourth-order valence-electron chi connectivity index (χ4n) is 4.61. The predicted octanol–water partition coefficient (Wildman–Crippen LogP) is 3.76. The van der Waals surface area contributed by atoms with Gasteiger partial charge in [-0.05, 0) is 48.2 Å². The number of carbonyl (C=O) groups is 5. The molecule has 0 fully saturated rings. The minimum Gasteiger partial charge on any atom is -0.461 e. The monoisotopic (exact) mass is 658 g/mol. The number of carbonyl (C=O) groups excluding carboxylic acids is 5. The predicted molar refractivity (Wildman–Crippen MR) is 181 cm³/mol.